The number of aryl methyl sites for hydroxylation is 2. The van der Waals surface area contributed by atoms with Crippen LogP contribution in [0.3, 0.4) is 0 Å². The molecule has 0 amide bonds. The molecule has 1 aliphatic carbocycles. The summed E-state index contributed by atoms with van der Waals surface area (Å²) in [6.45, 7) is 0. The fourth-order valence-electron chi connectivity index (χ4n) is 1.32. The zero-order chi connectivity index (χ0) is 8.23. The average Bonchev–Trinajstić information content (AvgIpc) is 2.64. The minimum atomic E-state index is 0. The quantitative estimate of drug-likeness (QED) is 0.482. The van der Waals surface area contributed by atoms with Gasteiger partial charge < -0.3 is 47.1 Å². The largest absolute Gasteiger partial charge is 2.00 e. The molecule has 0 aliphatic heterocycles. The molecule has 0 bridgehead atoms. The maximum atomic E-state index is 3.01. The molecule has 3 rings (SSSR count). The van der Waals surface area contributed by atoms with Gasteiger partial charge in [0, 0.05) is 0 Å². The number of fused-ring (bicyclic) bond motifs is 1. The summed E-state index contributed by atoms with van der Waals surface area (Å²) in [4.78, 5) is 0. The van der Waals surface area contributed by atoms with Crippen molar-refractivity contribution in [3.63, 3.8) is 0 Å². The summed E-state index contributed by atoms with van der Waals surface area (Å²) in [6, 6.07) is 10.5. The van der Waals surface area contributed by atoms with Crippen molar-refractivity contribution in [1.82, 2.24) is 0 Å². The van der Waals surface area contributed by atoms with Crippen molar-refractivity contribution in [3.8, 4) is 0 Å². The van der Waals surface area contributed by atoms with Crippen LogP contribution in [-0.2, 0) is 39.0 Å². The van der Waals surface area contributed by atoms with Crippen LogP contribution in [0.25, 0.3) is 0 Å². The first-order valence-corrected chi connectivity index (χ1v) is 5.27. The molecule has 4 heteroatoms. The fourth-order valence-corrected chi connectivity index (χ4v) is 1.80. The molecule has 0 saturated heterocycles. The Morgan fingerprint density at radius 3 is 1.94 bits per heavy atom. The maximum Gasteiger partial charge on any atom is 2.00 e. The Kier molecular flexibility index (Phi) is 30.4. The Balaban J connectivity index is -0.0000000482. The molecule has 1 atom stereocenters. The smallest absolute Gasteiger partial charge is 1.00 e. The normalized spacial score (nSPS) is 8.67. The SMILES string of the molecule is [CH3-].[CH3-].[CH3-].[Cl-].[Cl-].[Zr+2].[c-]1ccc[pH]1.c1cc2[c-](c1)CC2. The van der Waals surface area contributed by atoms with Crippen LogP contribution in [0.1, 0.15) is 11.1 Å². The van der Waals surface area contributed by atoms with Crippen molar-refractivity contribution in [1.29, 1.82) is 0 Å². The summed E-state index contributed by atoms with van der Waals surface area (Å²) in [5.41, 5.74) is 3.14. The van der Waals surface area contributed by atoms with Crippen LogP contribution in [-0.4, -0.2) is 0 Å². The summed E-state index contributed by atoms with van der Waals surface area (Å²) in [7, 11) is 0.823. The van der Waals surface area contributed by atoms with Gasteiger partial charge in [-0.1, -0.05) is 12.8 Å². The molecular weight excluding hydrogens is 361 g/mol. The second-order valence-corrected chi connectivity index (χ2v) is 3.80. The Bertz CT molecular complexity index is 295. The van der Waals surface area contributed by atoms with E-state index in [1.807, 2.05) is 12.1 Å². The number of hydrogen-bond acceptors (Lipinski definition) is 0. The van der Waals surface area contributed by atoms with Crippen molar-refractivity contribution >= 4 is 8.19 Å². The topological polar surface area (TPSA) is 0 Å². The van der Waals surface area contributed by atoms with E-state index >= 15 is 0 Å². The summed E-state index contributed by atoms with van der Waals surface area (Å²) >= 11 is 0. The predicted molar refractivity (Wildman–Crippen MR) is 73.5 cm³/mol. The van der Waals surface area contributed by atoms with E-state index in [2.05, 4.69) is 29.8 Å². The predicted octanol–water partition coefficient (Wildman–Crippen LogP) is -1.62. The van der Waals surface area contributed by atoms with Crippen LogP contribution >= 0.6 is 8.19 Å². The molecule has 1 heterocycles. The molecule has 0 fully saturated rings. The molecule has 1 unspecified atom stereocenters. The molecule has 0 nitrogen and oxygen atoms in total. The van der Waals surface area contributed by atoms with E-state index < -0.39 is 0 Å². The summed E-state index contributed by atoms with van der Waals surface area (Å²) in [5, 5.41) is 0. The van der Waals surface area contributed by atoms with Crippen LogP contribution in [0.15, 0.2) is 36.1 Å². The molecule has 18 heavy (non-hydrogen) atoms. The van der Waals surface area contributed by atoms with Gasteiger partial charge in [-0.05, 0) is 0 Å². The first-order valence-electron chi connectivity index (χ1n) is 4.20. The van der Waals surface area contributed by atoms with Crippen molar-refractivity contribution in [2.24, 2.45) is 0 Å². The molecule has 0 saturated carbocycles. The zero-order valence-corrected chi connectivity index (χ0v) is 16.1. The van der Waals surface area contributed by atoms with Gasteiger partial charge in [-0.25, -0.2) is 18.2 Å². The van der Waals surface area contributed by atoms with E-state index in [0.717, 1.165) is 8.19 Å². The van der Waals surface area contributed by atoms with Crippen molar-refractivity contribution < 1.29 is 51.0 Å². The summed E-state index contributed by atoms with van der Waals surface area (Å²) < 4.78 is 0. The third-order valence-corrected chi connectivity index (χ3v) is 2.81. The van der Waals surface area contributed by atoms with Crippen LogP contribution in [0.2, 0.25) is 0 Å². The second-order valence-electron chi connectivity index (χ2n) is 2.89. The molecule has 1 aliphatic rings. The van der Waals surface area contributed by atoms with Crippen LogP contribution in [0, 0.1) is 28.1 Å². The van der Waals surface area contributed by atoms with Gasteiger partial charge in [0.25, 0.3) is 0 Å². The Labute approximate surface area is 146 Å². The van der Waals surface area contributed by atoms with Crippen molar-refractivity contribution in [2.75, 3.05) is 0 Å². The van der Waals surface area contributed by atoms with Crippen LogP contribution < -0.4 is 24.8 Å². The molecule has 1 aromatic heterocycles. The molecule has 2 aromatic rings. The zero-order valence-electron chi connectivity index (χ0n) is 11.1. The van der Waals surface area contributed by atoms with E-state index in [9.17, 15) is 0 Å². The number of halogens is 2. The van der Waals surface area contributed by atoms with Gasteiger partial charge in [0.15, 0.2) is 0 Å². The standard InChI is InChI=1S/C7H7.C4H4P.3CH3.2ClH.Zr/c1-2-6-4-5-7(6)3-1;1-2-4-5-3-1;;;;;;/h1-3H,4-5H2;1-3,5H;3*1H3;2*1H;/q5*-1;;;+2/p-2. The van der Waals surface area contributed by atoms with Gasteiger partial charge in [0.2, 0.25) is 0 Å². The van der Waals surface area contributed by atoms with E-state index in [-0.39, 0.29) is 73.3 Å². The van der Waals surface area contributed by atoms with Gasteiger partial charge in [-0.15, -0.1) is 0 Å². The number of rotatable bonds is 0. The summed E-state index contributed by atoms with van der Waals surface area (Å²) in [6.07, 6.45) is 2.64. The van der Waals surface area contributed by atoms with Crippen LogP contribution in [0.4, 0.5) is 0 Å². The van der Waals surface area contributed by atoms with Gasteiger partial charge in [0.1, 0.15) is 0 Å². The third kappa shape index (κ3) is 9.51. The first-order chi connectivity index (χ1) is 5.97. The minimum Gasteiger partial charge on any atom is -1.00 e. The average molecular weight is 381 g/mol. The van der Waals surface area contributed by atoms with Gasteiger partial charge in [0.05, 0.1) is 0 Å². The molecule has 0 spiro atoms. The van der Waals surface area contributed by atoms with Gasteiger partial charge in [-0.2, -0.15) is 34.9 Å². The van der Waals surface area contributed by atoms with Crippen molar-refractivity contribution in [2.45, 2.75) is 12.8 Å². The Morgan fingerprint density at radius 2 is 1.78 bits per heavy atom. The molecule has 1 aromatic carbocycles. The fraction of sp³-hybridized carbons (Fsp3) is 0.143. The molecular formula is C14H20Cl2PZr-5. The van der Waals surface area contributed by atoms with Gasteiger partial charge >= 0.3 is 26.2 Å². The van der Waals surface area contributed by atoms with E-state index in [1.54, 1.807) is 11.1 Å². The van der Waals surface area contributed by atoms with Crippen LogP contribution in [0.5, 0.6) is 0 Å². The number of hydrogen-bond donors (Lipinski definition) is 0. The molecule has 104 valence electrons. The Morgan fingerprint density at radius 1 is 1.11 bits per heavy atom. The maximum absolute atomic E-state index is 3.01. The second kappa shape index (κ2) is 17.6. The van der Waals surface area contributed by atoms with E-state index in [4.69, 9.17) is 0 Å². The first kappa shape index (κ1) is 31.1. The van der Waals surface area contributed by atoms with E-state index in [1.165, 1.54) is 12.8 Å². The minimum absolute atomic E-state index is 0. The molecule has 0 radical (unpaired) electrons. The molecule has 0 N–H and O–H groups in total. The summed E-state index contributed by atoms with van der Waals surface area (Å²) in [5.74, 6) is 5.11. The van der Waals surface area contributed by atoms with Crippen molar-refractivity contribution in [3.05, 3.63) is 75.3 Å². The van der Waals surface area contributed by atoms with E-state index in [0.29, 0.717) is 0 Å². The van der Waals surface area contributed by atoms with Gasteiger partial charge in [-0.3, -0.25) is 8.19 Å². The Hall–Kier alpha value is 0.593. The third-order valence-electron chi connectivity index (χ3n) is 2.11. The monoisotopic (exact) mass is 379 g/mol.